The fourth-order valence-electron chi connectivity index (χ4n) is 3.59. The lowest BCUT2D eigenvalue weighted by Crippen LogP contribution is -2.42. The second-order valence-corrected chi connectivity index (χ2v) is 8.15. The van der Waals surface area contributed by atoms with E-state index in [4.69, 9.17) is 16.3 Å². The quantitative estimate of drug-likeness (QED) is 0.633. The number of halogens is 1. The molecule has 164 valence electrons. The van der Waals surface area contributed by atoms with E-state index in [1.54, 1.807) is 26.0 Å². The van der Waals surface area contributed by atoms with Crippen LogP contribution in [-0.4, -0.2) is 36.4 Å². The van der Waals surface area contributed by atoms with Gasteiger partial charge in [0.25, 0.3) is 5.91 Å². The van der Waals surface area contributed by atoms with E-state index >= 15 is 0 Å². The maximum atomic E-state index is 13.1. The first-order valence-corrected chi connectivity index (χ1v) is 10.4. The van der Waals surface area contributed by atoms with Crippen LogP contribution in [0.5, 0.6) is 5.75 Å². The zero-order valence-electron chi connectivity index (χ0n) is 18.0. The molecule has 2 aromatic rings. The smallest absolute Gasteiger partial charge is 0.325 e. The Labute approximate surface area is 186 Å². The van der Waals surface area contributed by atoms with Crippen molar-refractivity contribution >= 4 is 35.1 Å². The SMILES string of the molecule is CCCc1ccc(C2(C)NC(=O)N(CC(=O)Nc3cc(C)c(Cl)cc3OC)C2=O)cc1. The van der Waals surface area contributed by atoms with E-state index in [0.29, 0.717) is 22.0 Å². The van der Waals surface area contributed by atoms with Crippen molar-refractivity contribution in [3.8, 4) is 5.75 Å². The lowest BCUT2D eigenvalue weighted by molar-refractivity contribution is -0.133. The van der Waals surface area contributed by atoms with E-state index in [1.165, 1.54) is 7.11 Å². The number of hydrogen-bond acceptors (Lipinski definition) is 4. The molecule has 4 amide bonds. The molecule has 1 saturated heterocycles. The Balaban J connectivity index is 1.75. The first-order valence-electron chi connectivity index (χ1n) is 10.1. The van der Waals surface area contributed by atoms with E-state index in [-0.39, 0.29) is 0 Å². The van der Waals surface area contributed by atoms with Crippen molar-refractivity contribution in [1.82, 2.24) is 10.2 Å². The van der Waals surface area contributed by atoms with Crippen molar-refractivity contribution in [2.45, 2.75) is 39.2 Å². The van der Waals surface area contributed by atoms with Gasteiger partial charge in [0, 0.05) is 11.1 Å². The molecule has 1 heterocycles. The van der Waals surface area contributed by atoms with Crippen molar-refractivity contribution in [3.63, 3.8) is 0 Å². The van der Waals surface area contributed by atoms with Gasteiger partial charge >= 0.3 is 6.03 Å². The number of rotatable bonds is 7. The minimum atomic E-state index is -1.23. The lowest BCUT2D eigenvalue weighted by atomic mass is 9.91. The summed E-state index contributed by atoms with van der Waals surface area (Å²) >= 11 is 6.10. The fourth-order valence-corrected chi connectivity index (χ4v) is 3.75. The van der Waals surface area contributed by atoms with Gasteiger partial charge in [0.15, 0.2) is 0 Å². The number of amides is 4. The topological polar surface area (TPSA) is 87.7 Å². The molecule has 0 saturated carbocycles. The predicted molar refractivity (Wildman–Crippen MR) is 119 cm³/mol. The van der Waals surface area contributed by atoms with Gasteiger partial charge in [-0.3, -0.25) is 14.5 Å². The summed E-state index contributed by atoms with van der Waals surface area (Å²) in [6.45, 7) is 5.12. The van der Waals surface area contributed by atoms with E-state index < -0.39 is 29.9 Å². The Morgan fingerprint density at radius 3 is 2.52 bits per heavy atom. The van der Waals surface area contributed by atoms with E-state index in [0.717, 1.165) is 28.9 Å². The number of hydrogen-bond donors (Lipinski definition) is 2. The number of aryl methyl sites for hydroxylation is 2. The van der Waals surface area contributed by atoms with Gasteiger partial charge in [0.05, 0.1) is 12.8 Å². The van der Waals surface area contributed by atoms with Crippen LogP contribution in [0.25, 0.3) is 0 Å². The summed E-state index contributed by atoms with van der Waals surface area (Å²) in [4.78, 5) is 39.1. The van der Waals surface area contributed by atoms with Crippen LogP contribution in [0.1, 0.15) is 37.0 Å². The number of nitrogens with one attached hydrogen (secondary N) is 2. The Bertz CT molecular complexity index is 1020. The number of urea groups is 1. The summed E-state index contributed by atoms with van der Waals surface area (Å²) in [7, 11) is 1.46. The standard InChI is InChI=1S/C23H26ClN3O4/c1-5-6-15-7-9-16(10-8-15)23(3)21(29)27(22(30)26-23)13-20(28)25-18-11-14(2)17(24)12-19(18)31-4/h7-12H,5-6,13H2,1-4H3,(H,25,28)(H,26,30). The van der Waals surface area contributed by atoms with Crippen LogP contribution in [0.2, 0.25) is 5.02 Å². The number of ether oxygens (including phenoxy) is 1. The molecule has 7 nitrogen and oxygen atoms in total. The van der Waals surface area contributed by atoms with Gasteiger partial charge in [0.2, 0.25) is 5.91 Å². The summed E-state index contributed by atoms with van der Waals surface area (Å²) in [6, 6.07) is 10.2. The largest absolute Gasteiger partial charge is 0.495 e. The maximum absolute atomic E-state index is 13.1. The van der Waals surface area contributed by atoms with Crippen molar-refractivity contribution in [2.24, 2.45) is 0 Å². The monoisotopic (exact) mass is 443 g/mol. The third-order valence-electron chi connectivity index (χ3n) is 5.40. The van der Waals surface area contributed by atoms with E-state index in [1.807, 2.05) is 24.3 Å². The van der Waals surface area contributed by atoms with Crippen molar-refractivity contribution < 1.29 is 19.1 Å². The first kappa shape index (κ1) is 22.6. The molecule has 8 heteroatoms. The number of anilines is 1. The Kier molecular flexibility index (Phi) is 6.55. The van der Waals surface area contributed by atoms with Crippen LogP contribution in [0.4, 0.5) is 10.5 Å². The Morgan fingerprint density at radius 1 is 1.23 bits per heavy atom. The zero-order chi connectivity index (χ0) is 22.8. The summed E-state index contributed by atoms with van der Waals surface area (Å²) in [5.41, 5.74) is 1.78. The van der Waals surface area contributed by atoms with Crippen molar-refractivity contribution in [1.29, 1.82) is 0 Å². The number of carbonyl (C=O) groups excluding carboxylic acids is 3. The summed E-state index contributed by atoms with van der Waals surface area (Å²) < 4.78 is 5.25. The Hall–Kier alpha value is -3.06. The molecule has 2 N–H and O–H groups in total. The highest BCUT2D eigenvalue weighted by atomic mass is 35.5. The normalized spacial score (nSPS) is 18.2. The molecule has 1 unspecified atom stereocenters. The van der Waals surface area contributed by atoms with Gasteiger partial charge < -0.3 is 15.4 Å². The van der Waals surface area contributed by atoms with Gasteiger partial charge in [-0.15, -0.1) is 0 Å². The lowest BCUT2D eigenvalue weighted by Gasteiger charge is -2.22. The zero-order valence-corrected chi connectivity index (χ0v) is 18.8. The summed E-state index contributed by atoms with van der Waals surface area (Å²) in [6.07, 6.45) is 1.96. The fraction of sp³-hybridized carbons (Fsp3) is 0.348. The summed E-state index contributed by atoms with van der Waals surface area (Å²) in [5, 5.41) is 5.92. The average molecular weight is 444 g/mol. The minimum Gasteiger partial charge on any atom is -0.495 e. The molecule has 1 fully saturated rings. The molecular formula is C23H26ClN3O4. The van der Waals surface area contributed by atoms with Gasteiger partial charge in [-0.2, -0.15) is 0 Å². The van der Waals surface area contributed by atoms with Crippen LogP contribution in [0, 0.1) is 6.92 Å². The molecule has 2 aromatic carbocycles. The van der Waals surface area contributed by atoms with Crippen LogP contribution in [0.3, 0.4) is 0 Å². The molecule has 1 atom stereocenters. The van der Waals surface area contributed by atoms with Crippen LogP contribution >= 0.6 is 11.6 Å². The molecule has 0 bridgehead atoms. The van der Waals surface area contributed by atoms with Crippen LogP contribution in [-0.2, 0) is 21.5 Å². The third-order valence-corrected chi connectivity index (χ3v) is 5.81. The third kappa shape index (κ3) is 4.51. The highest BCUT2D eigenvalue weighted by Gasteiger charge is 2.49. The number of methoxy groups -OCH3 is 1. The second-order valence-electron chi connectivity index (χ2n) is 7.74. The molecule has 0 aliphatic carbocycles. The minimum absolute atomic E-state index is 0.387. The molecular weight excluding hydrogens is 418 g/mol. The molecule has 1 aliphatic rings. The molecule has 0 aromatic heterocycles. The second kappa shape index (κ2) is 8.98. The van der Waals surface area contributed by atoms with Gasteiger partial charge in [0.1, 0.15) is 17.8 Å². The van der Waals surface area contributed by atoms with Crippen molar-refractivity contribution in [2.75, 3.05) is 19.0 Å². The summed E-state index contributed by atoms with van der Waals surface area (Å²) in [5.74, 6) is -0.612. The number of carbonyl (C=O) groups is 3. The van der Waals surface area contributed by atoms with Crippen molar-refractivity contribution in [3.05, 3.63) is 58.1 Å². The van der Waals surface area contributed by atoms with Gasteiger partial charge in [-0.05, 0) is 43.0 Å². The molecule has 31 heavy (non-hydrogen) atoms. The molecule has 1 aliphatic heterocycles. The number of benzene rings is 2. The maximum Gasteiger partial charge on any atom is 0.325 e. The number of imide groups is 1. The predicted octanol–water partition coefficient (Wildman–Crippen LogP) is 4.02. The van der Waals surface area contributed by atoms with Crippen LogP contribution in [0.15, 0.2) is 36.4 Å². The number of nitrogens with zero attached hydrogens (tertiary/aromatic N) is 1. The highest BCUT2D eigenvalue weighted by molar-refractivity contribution is 6.31. The average Bonchev–Trinajstić information content (AvgIpc) is 2.95. The van der Waals surface area contributed by atoms with Crippen LogP contribution < -0.4 is 15.4 Å². The Morgan fingerprint density at radius 2 is 1.90 bits per heavy atom. The van der Waals surface area contributed by atoms with Gasteiger partial charge in [-0.25, -0.2) is 4.79 Å². The molecule has 0 spiro atoms. The molecule has 3 rings (SSSR count). The highest BCUT2D eigenvalue weighted by Crippen LogP contribution is 2.32. The van der Waals surface area contributed by atoms with E-state index in [2.05, 4.69) is 17.6 Å². The first-order chi connectivity index (χ1) is 14.7. The van der Waals surface area contributed by atoms with Gasteiger partial charge in [-0.1, -0.05) is 49.2 Å². The van der Waals surface area contributed by atoms with E-state index in [9.17, 15) is 14.4 Å². The molecule has 0 radical (unpaired) electrons.